The van der Waals surface area contributed by atoms with Crippen molar-refractivity contribution in [3.8, 4) is 0 Å². The third-order valence-electron chi connectivity index (χ3n) is 2.50. The molecule has 0 atom stereocenters. The van der Waals surface area contributed by atoms with Crippen LogP contribution >= 0.6 is 11.8 Å². The normalized spacial score (nSPS) is 10.4. The summed E-state index contributed by atoms with van der Waals surface area (Å²) in [5.41, 5.74) is -1.26. The number of carboxylic acid groups (broad SMARTS) is 1. The van der Waals surface area contributed by atoms with Gasteiger partial charge < -0.3 is 5.11 Å². The van der Waals surface area contributed by atoms with Crippen molar-refractivity contribution in [2.24, 2.45) is 0 Å². The molecule has 0 fully saturated rings. The zero-order valence-corrected chi connectivity index (χ0v) is 11.1. The third-order valence-corrected chi connectivity index (χ3v) is 3.54. The second-order valence-electron chi connectivity index (χ2n) is 3.92. The van der Waals surface area contributed by atoms with Crippen molar-refractivity contribution < 1.29 is 23.6 Å². The van der Waals surface area contributed by atoms with E-state index < -0.39 is 33.8 Å². The summed E-state index contributed by atoms with van der Waals surface area (Å²) in [6, 6.07) is 6.66. The van der Waals surface area contributed by atoms with Gasteiger partial charge in [0.1, 0.15) is 11.6 Å². The molecule has 1 N–H and O–H groups in total. The molecule has 0 radical (unpaired) electrons. The van der Waals surface area contributed by atoms with Crippen molar-refractivity contribution in [3.63, 3.8) is 0 Å². The van der Waals surface area contributed by atoms with Gasteiger partial charge in [0.15, 0.2) is 0 Å². The van der Waals surface area contributed by atoms with Crippen molar-refractivity contribution in [3.05, 3.63) is 63.7 Å². The summed E-state index contributed by atoms with van der Waals surface area (Å²) in [7, 11) is 0. The summed E-state index contributed by atoms with van der Waals surface area (Å²) < 4.78 is 26.6. The fourth-order valence-electron chi connectivity index (χ4n) is 1.59. The summed E-state index contributed by atoms with van der Waals surface area (Å²) in [4.78, 5) is 21.2. The number of benzene rings is 2. The smallest absolute Gasteiger partial charge is 0.338 e. The number of hydrogen-bond acceptors (Lipinski definition) is 4. The summed E-state index contributed by atoms with van der Waals surface area (Å²) in [6.45, 7) is 0. The van der Waals surface area contributed by atoms with E-state index in [1.165, 1.54) is 18.2 Å². The van der Waals surface area contributed by atoms with Crippen LogP contribution in [0.25, 0.3) is 0 Å². The first-order valence-electron chi connectivity index (χ1n) is 5.53. The maximum absolute atomic E-state index is 13.5. The maximum atomic E-state index is 13.5. The lowest BCUT2D eigenvalue weighted by Gasteiger charge is -2.05. The summed E-state index contributed by atoms with van der Waals surface area (Å²) >= 11 is 0.785. The van der Waals surface area contributed by atoms with Gasteiger partial charge in [-0.25, -0.2) is 13.6 Å². The van der Waals surface area contributed by atoms with E-state index in [1.54, 1.807) is 0 Å². The van der Waals surface area contributed by atoms with Gasteiger partial charge in [-0.1, -0.05) is 17.8 Å². The molecule has 5 nitrogen and oxygen atoms in total. The van der Waals surface area contributed by atoms with Crippen LogP contribution in [0, 0.1) is 21.7 Å². The first-order valence-corrected chi connectivity index (χ1v) is 6.35. The Morgan fingerprint density at radius 2 is 1.95 bits per heavy atom. The number of nitro benzene ring substituents is 1. The molecule has 0 unspecified atom stereocenters. The molecule has 8 heteroatoms. The molecule has 0 saturated carbocycles. The molecular weight excluding hydrogens is 304 g/mol. The number of nitro groups is 1. The monoisotopic (exact) mass is 311 g/mol. The molecule has 21 heavy (non-hydrogen) atoms. The predicted molar refractivity (Wildman–Crippen MR) is 70.5 cm³/mol. The second kappa shape index (κ2) is 5.88. The van der Waals surface area contributed by atoms with Crippen LogP contribution in [0.2, 0.25) is 0 Å². The van der Waals surface area contributed by atoms with E-state index in [9.17, 15) is 23.7 Å². The Balaban J connectivity index is 2.52. The molecular formula is C13H7F2NO4S. The maximum Gasteiger partial charge on any atom is 0.338 e. The van der Waals surface area contributed by atoms with Crippen molar-refractivity contribution in [1.29, 1.82) is 0 Å². The SMILES string of the molecule is O=C(O)c1cc(Sc2cccc(F)c2)c([N+](=O)[O-])cc1F. The van der Waals surface area contributed by atoms with Crippen LogP contribution in [0.3, 0.4) is 0 Å². The largest absolute Gasteiger partial charge is 0.478 e. The molecule has 108 valence electrons. The van der Waals surface area contributed by atoms with Gasteiger partial charge in [0.05, 0.1) is 21.4 Å². The van der Waals surface area contributed by atoms with Gasteiger partial charge in [-0.2, -0.15) is 0 Å². The van der Waals surface area contributed by atoms with Gasteiger partial charge in [0, 0.05) is 4.90 Å². The van der Waals surface area contributed by atoms with E-state index in [-0.39, 0.29) is 4.90 Å². The number of rotatable bonds is 4. The van der Waals surface area contributed by atoms with Gasteiger partial charge in [-0.15, -0.1) is 0 Å². The number of carbonyl (C=O) groups is 1. The van der Waals surface area contributed by atoms with Crippen LogP contribution in [0.1, 0.15) is 10.4 Å². The Morgan fingerprint density at radius 1 is 1.24 bits per heavy atom. The van der Waals surface area contributed by atoms with Crippen LogP contribution in [-0.4, -0.2) is 16.0 Å². The Bertz CT molecular complexity index is 736. The number of nitrogens with zero attached hydrogens (tertiary/aromatic N) is 1. The van der Waals surface area contributed by atoms with Crippen LogP contribution in [0.15, 0.2) is 46.2 Å². The van der Waals surface area contributed by atoms with E-state index in [4.69, 9.17) is 5.11 Å². The number of aromatic carboxylic acids is 1. The molecule has 0 aliphatic carbocycles. The molecule has 0 aromatic heterocycles. The summed E-state index contributed by atoms with van der Waals surface area (Å²) in [5, 5.41) is 19.8. The van der Waals surface area contributed by atoms with E-state index in [1.807, 2.05) is 0 Å². The van der Waals surface area contributed by atoms with E-state index in [0.29, 0.717) is 11.0 Å². The number of carboxylic acids is 1. The Labute approximate surface area is 121 Å². The van der Waals surface area contributed by atoms with Gasteiger partial charge in [0.25, 0.3) is 5.69 Å². The fourth-order valence-corrected chi connectivity index (χ4v) is 2.58. The molecule has 0 aliphatic rings. The molecule has 0 aliphatic heterocycles. The Kier molecular flexibility index (Phi) is 4.18. The summed E-state index contributed by atoms with van der Waals surface area (Å²) in [5.74, 6) is -3.27. The Morgan fingerprint density at radius 3 is 2.52 bits per heavy atom. The van der Waals surface area contributed by atoms with Gasteiger partial charge in [-0.05, 0) is 24.3 Å². The van der Waals surface area contributed by atoms with E-state index >= 15 is 0 Å². The lowest BCUT2D eigenvalue weighted by atomic mass is 10.2. The highest BCUT2D eigenvalue weighted by atomic mass is 32.2. The molecule has 2 rings (SSSR count). The highest BCUT2D eigenvalue weighted by Gasteiger charge is 2.22. The minimum atomic E-state index is -1.54. The first-order chi connectivity index (χ1) is 9.88. The summed E-state index contributed by atoms with van der Waals surface area (Å²) in [6.07, 6.45) is 0. The topological polar surface area (TPSA) is 80.4 Å². The first kappa shape index (κ1) is 14.9. The zero-order chi connectivity index (χ0) is 15.6. The lowest BCUT2D eigenvalue weighted by molar-refractivity contribution is -0.387. The molecule has 2 aromatic rings. The second-order valence-corrected chi connectivity index (χ2v) is 5.04. The highest BCUT2D eigenvalue weighted by molar-refractivity contribution is 7.99. The number of halogens is 2. The van der Waals surface area contributed by atoms with Crippen LogP contribution in [0.4, 0.5) is 14.5 Å². The minimum Gasteiger partial charge on any atom is -0.478 e. The Hall–Kier alpha value is -2.48. The third kappa shape index (κ3) is 3.34. The van der Waals surface area contributed by atoms with Crippen LogP contribution in [0.5, 0.6) is 0 Å². The quantitative estimate of drug-likeness (QED) is 0.687. The van der Waals surface area contributed by atoms with Crippen molar-refractivity contribution in [1.82, 2.24) is 0 Å². The molecule has 0 bridgehead atoms. The van der Waals surface area contributed by atoms with Crippen molar-refractivity contribution in [2.75, 3.05) is 0 Å². The molecule has 0 spiro atoms. The lowest BCUT2D eigenvalue weighted by Crippen LogP contribution is -2.03. The molecule has 0 heterocycles. The van der Waals surface area contributed by atoms with Crippen molar-refractivity contribution >= 4 is 23.4 Å². The van der Waals surface area contributed by atoms with Gasteiger partial charge in [0.2, 0.25) is 0 Å². The average Bonchev–Trinajstić information content (AvgIpc) is 2.39. The molecule has 2 aromatic carbocycles. The molecule has 0 saturated heterocycles. The van der Waals surface area contributed by atoms with Gasteiger partial charge in [-0.3, -0.25) is 10.1 Å². The fraction of sp³-hybridized carbons (Fsp3) is 0. The van der Waals surface area contributed by atoms with Crippen LogP contribution in [-0.2, 0) is 0 Å². The van der Waals surface area contributed by atoms with Gasteiger partial charge >= 0.3 is 5.97 Å². The van der Waals surface area contributed by atoms with E-state index in [0.717, 1.165) is 23.9 Å². The predicted octanol–water partition coefficient (Wildman–Crippen LogP) is 3.72. The standard InChI is InChI=1S/C13H7F2NO4S/c14-7-2-1-3-8(4-7)21-12-5-9(13(17)18)10(15)6-11(12)16(19)20/h1-6H,(H,17,18). The highest BCUT2D eigenvalue weighted by Crippen LogP contribution is 2.36. The minimum absolute atomic E-state index is 0.0793. The van der Waals surface area contributed by atoms with Crippen molar-refractivity contribution in [2.45, 2.75) is 9.79 Å². The molecule has 0 amide bonds. The number of hydrogen-bond donors (Lipinski definition) is 1. The van der Waals surface area contributed by atoms with E-state index in [2.05, 4.69) is 0 Å². The zero-order valence-electron chi connectivity index (χ0n) is 10.2. The van der Waals surface area contributed by atoms with Crippen LogP contribution < -0.4 is 0 Å². The average molecular weight is 311 g/mol.